The van der Waals surface area contributed by atoms with Gasteiger partial charge in [0.1, 0.15) is 0 Å². The predicted molar refractivity (Wildman–Crippen MR) is 115 cm³/mol. The molecule has 0 aliphatic carbocycles. The lowest BCUT2D eigenvalue weighted by Crippen LogP contribution is -2.49. The van der Waals surface area contributed by atoms with Gasteiger partial charge in [-0.2, -0.15) is 0 Å². The van der Waals surface area contributed by atoms with Crippen molar-refractivity contribution in [2.24, 2.45) is 11.7 Å². The van der Waals surface area contributed by atoms with Crippen LogP contribution in [0.3, 0.4) is 0 Å². The number of benzene rings is 1. The quantitative estimate of drug-likeness (QED) is 0.623. The van der Waals surface area contributed by atoms with Gasteiger partial charge in [0.15, 0.2) is 0 Å². The molecule has 4 N–H and O–H groups in total. The lowest BCUT2D eigenvalue weighted by molar-refractivity contribution is -0.136. The average Bonchev–Trinajstić information content (AvgIpc) is 2.71. The van der Waals surface area contributed by atoms with Crippen molar-refractivity contribution < 1.29 is 14.4 Å². The highest BCUT2D eigenvalue weighted by atomic mass is 35.5. The van der Waals surface area contributed by atoms with Crippen LogP contribution in [0.15, 0.2) is 24.3 Å². The van der Waals surface area contributed by atoms with E-state index in [1.165, 1.54) is 0 Å². The zero-order valence-electron chi connectivity index (χ0n) is 16.7. The third-order valence-corrected chi connectivity index (χ3v) is 5.67. The number of carbonyl (C=O) groups excluding carboxylic acids is 3. The van der Waals surface area contributed by atoms with Gasteiger partial charge in [0.25, 0.3) is 0 Å². The van der Waals surface area contributed by atoms with Gasteiger partial charge in [-0.05, 0) is 43.7 Å². The Labute approximate surface area is 178 Å². The molecule has 1 saturated heterocycles. The number of halogens is 1. The molecule has 2 unspecified atom stereocenters. The van der Waals surface area contributed by atoms with Crippen LogP contribution in [-0.2, 0) is 20.8 Å². The van der Waals surface area contributed by atoms with Crippen LogP contribution in [-0.4, -0.2) is 48.3 Å². The van der Waals surface area contributed by atoms with Crippen LogP contribution in [0.2, 0.25) is 0 Å². The van der Waals surface area contributed by atoms with Gasteiger partial charge in [-0.3, -0.25) is 14.4 Å². The van der Waals surface area contributed by atoms with Crippen molar-refractivity contribution in [2.75, 3.05) is 25.0 Å². The first-order chi connectivity index (χ1) is 13.6. The average molecular weight is 423 g/mol. The van der Waals surface area contributed by atoms with E-state index >= 15 is 0 Å². The van der Waals surface area contributed by atoms with E-state index in [-0.39, 0.29) is 42.1 Å². The standard InChI is InChI=1S/C21H30N4O3.ClH/c22-11-10-19(26)23-14-17-6-3-4-12-25(17)20(27)9-8-16-13-15-5-1-2-7-18(15)24-21(16)28;/h1-2,5,7,16-17H,3-4,6,8-14,22H2,(H,23,26)(H,24,28);1H. The van der Waals surface area contributed by atoms with Crippen molar-refractivity contribution in [2.45, 2.75) is 51.0 Å². The number of para-hydroxylation sites is 1. The number of hydrogen-bond acceptors (Lipinski definition) is 4. The molecular formula is C21H31ClN4O3. The van der Waals surface area contributed by atoms with Crippen molar-refractivity contribution >= 4 is 35.8 Å². The van der Waals surface area contributed by atoms with E-state index in [0.717, 1.165) is 37.1 Å². The third kappa shape index (κ3) is 6.18. The second-order valence-electron chi connectivity index (χ2n) is 7.67. The lowest BCUT2D eigenvalue weighted by Gasteiger charge is -2.36. The number of hydrogen-bond donors (Lipinski definition) is 3. The van der Waals surface area contributed by atoms with E-state index in [2.05, 4.69) is 10.6 Å². The SMILES string of the molecule is Cl.NCCC(=O)NCC1CCCCN1C(=O)CCC1Cc2ccccc2NC1=O. The summed E-state index contributed by atoms with van der Waals surface area (Å²) >= 11 is 0. The Hall–Kier alpha value is -2.12. The molecule has 0 radical (unpaired) electrons. The summed E-state index contributed by atoms with van der Waals surface area (Å²) in [6.45, 7) is 1.52. The predicted octanol–water partition coefficient (Wildman–Crippen LogP) is 1.85. The molecule has 7 nitrogen and oxygen atoms in total. The molecule has 0 spiro atoms. The third-order valence-electron chi connectivity index (χ3n) is 5.67. The summed E-state index contributed by atoms with van der Waals surface area (Å²) in [7, 11) is 0. The maximum absolute atomic E-state index is 12.8. The molecule has 160 valence electrons. The van der Waals surface area contributed by atoms with Crippen LogP contribution >= 0.6 is 12.4 Å². The van der Waals surface area contributed by atoms with E-state index in [1.54, 1.807) is 0 Å². The molecule has 29 heavy (non-hydrogen) atoms. The molecule has 0 aromatic heterocycles. The summed E-state index contributed by atoms with van der Waals surface area (Å²) in [6.07, 6.45) is 4.81. The van der Waals surface area contributed by atoms with Crippen molar-refractivity contribution in [3.8, 4) is 0 Å². The van der Waals surface area contributed by atoms with Gasteiger partial charge in [-0.25, -0.2) is 0 Å². The fourth-order valence-electron chi connectivity index (χ4n) is 4.08. The zero-order valence-corrected chi connectivity index (χ0v) is 17.5. The number of likely N-dealkylation sites (tertiary alicyclic amines) is 1. The van der Waals surface area contributed by atoms with Crippen LogP contribution in [0.4, 0.5) is 5.69 Å². The highest BCUT2D eigenvalue weighted by Crippen LogP contribution is 2.28. The minimum absolute atomic E-state index is 0. The van der Waals surface area contributed by atoms with Gasteiger partial charge >= 0.3 is 0 Å². The molecule has 3 rings (SSSR count). The maximum Gasteiger partial charge on any atom is 0.227 e. The van der Waals surface area contributed by atoms with Crippen molar-refractivity contribution in [1.29, 1.82) is 0 Å². The molecule has 2 heterocycles. The number of amides is 3. The number of nitrogens with zero attached hydrogens (tertiary/aromatic N) is 1. The summed E-state index contributed by atoms with van der Waals surface area (Å²) in [5.41, 5.74) is 7.40. The van der Waals surface area contributed by atoms with Crippen LogP contribution in [0, 0.1) is 5.92 Å². The van der Waals surface area contributed by atoms with Crippen LogP contribution in [0.25, 0.3) is 0 Å². The Kier molecular flexibility index (Phi) is 8.92. The Morgan fingerprint density at radius 3 is 2.79 bits per heavy atom. The number of carbonyl (C=O) groups is 3. The normalized spacial score (nSPS) is 20.9. The van der Waals surface area contributed by atoms with Crippen LogP contribution in [0.1, 0.15) is 44.1 Å². The summed E-state index contributed by atoms with van der Waals surface area (Å²) in [5, 5.41) is 5.83. The summed E-state index contributed by atoms with van der Waals surface area (Å²) in [4.78, 5) is 38.8. The highest BCUT2D eigenvalue weighted by Gasteiger charge is 2.30. The number of nitrogens with two attached hydrogens (primary N) is 1. The van der Waals surface area contributed by atoms with E-state index in [1.807, 2.05) is 29.2 Å². The minimum atomic E-state index is -0.175. The molecule has 3 amide bonds. The first-order valence-electron chi connectivity index (χ1n) is 10.2. The Morgan fingerprint density at radius 2 is 2.00 bits per heavy atom. The molecule has 1 fully saturated rings. The fraction of sp³-hybridized carbons (Fsp3) is 0.571. The van der Waals surface area contributed by atoms with Gasteiger partial charge in [0, 0.05) is 50.1 Å². The van der Waals surface area contributed by atoms with Crippen LogP contribution < -0.4 is 16.4 Å². The molecule has 2 aliphatic rings. The lowest BCUT2D eigenvalue weighted by atomic mass is 9.89. The topological polar surface area (TPSA) is 105 Å². The van der Waals surface area contributed by atoms with Gasteiger partial charge in [0.2, 0.25) is 17.7 Å². The summed E-state index contributed by atoms with van der Waals surface area (Å²) < 4.78 is 0. The smallest absolute Gasteiger partial charge is 0.227 e. The zero-order chi connectivity index (χ0) is 19.9. The minimum Gasteiger partial charge on any atom is -0.354 e. The summed E-state index contributed by atoms with van der Waals surface area (Å²) in [5.74, 6) is -0.176. The van der Waals surface area contributed by atoms with E-state index in [9.17, 15) is 14.4 Å². The summed E-state index contributed by atoms with van der Waals surface area (Å²) in [6, 6.07) is 7.84. The molecular weight excluding hydrogens is 392 g/mol. The number of piperidine rings is 1. The van der Waals surface area contributed by atoms with Gasteiger partial charge in [0.05, 0.1) is 0 Å². The number of rotatable bonds is 7. The molecule has 1 aromatic carbocycles. The molecule has 0 saturated carbocycles. The van der Waals surface area contributed by atoms with Crippen molar-refractivity contribution in [1.82, 2.24) is 10.2 Å². The van der Waals surface area contributed by atoms with Crippen LogP contribution in [0.5, 0.6) is 0 Å². The number of nitrogens with one attached hydrogen (secondary N) is 2. The Balaban J connectivity index is 0.00000300. The van der Waals surface area contributed by atoms with Gasteiger partial charge < -0.3 is 21.3 Å². The fourth-order valence-corrected chi connectivity index (χ4v) is 4.08. The highest BCUT2D eigenvalue weighted by molar-refractivity contribution is 5.96. The largest absolute Gasteiger partial charge is 0.354 e. The number of anilines is 1. The maximum atomic E-state index is 12.8. The molecule has 2 aliphatic heterocycles. The Bertz CT molecular complexity index is 728. The van der Waals surface area contributed by atoms with E-state index in [0.29, 0.717) is 38.8 Å². The molecule has 2 atom stereocenters. The monoisotopic (exact) mass is 422 g/mol. The number of fused-ring (bicyclic) bond motifs is 1. The van der Waals surface area contributed by atoms with Gasteiger partial charge in [-0.1, -0.05) is 18.2 Å². The molecule has 8 heteroatoms. The van der Waals surface area contributed by atoms with Gasteiger partial charge in [-0.15, -0.1) is 12.4 Å². The van der Waals surface area contributed by atoms with E-state index < -0.39 is 0 Å². The second-order valence-corrected chi connectivity index (χ2v) is 7.67. The molecule has 0 bridgehead atoms. The molecule has 1 aromatic rings. The Morgan fingerprint density at radius 1 is 1.21 bits per heavy atom. The first-order valence-corrected chi connectivity index (χ1v) is 10.2. The second kappa shape index (κ2) is 11.2. The van der Waals surface area contributed by atoms with E-state index in [4.69, 9.17) is 5.73 Å². The first kappa shape index (κ1) is 23.2. The van der Waals surface area contributed by atoms with Crippen molar-refractivity contribution in [3.63, 3.8) is 0 Å². The van der Waals surface area contributed by atoms with Crippen molar-refractivity contribution in [3.05, 3.63) is 29.8 Å².